The molecule has 4 aliphatic heterocycles. The fourth-order valence-corrected chi connectivity index (χ4v) is 6.44. The molecule has 5 heterocycles. The van der Waals surface area contributed by atoms with E-state index in [0.29, 0.717) is 51.3 Å². The lowest BCUT2D eigenvalue weighted by molar-refractivity contribution is -0.143. The van der Waals surface area contributed by atoms with Crippen LogP contribution in [-0.2, 0) is 25.7 Å². The number of likely N-dealkylation sites (tertiary alicyclic amines) is 1. The van der Waals surface area contributed by atoms with Gasteiger partial charge in [-0.2, -0.15) is 0 Å². The molecule has 2 aromatic rings. The first-order chi connectivity index (χ1) is 20.4. The standard InChI is InChI=1S/C31H35N5O6/c37-24-10-5-16-35(17-6-14-34-28(38)27-23(9-4-13-33-27)41-18-15-32-24)29(39)25-22-11-12-31(42-22)20-36(30(40)26(25)31)19-21-7-2-1-3-8-21/h1-4,7-9,11-13,22,25-26H,5-6,10,14-20H2,(H,32,37)(H,34,38)/t22-,25+,26-,31-/m1/s1. The van der Waals surface area contributed by atoms with Gasteiger partial charge in [0.1, 0.15) is 12.2 Å². The van der Waals surface area contributed by atoms with Crippen molar-refractivity contribution >= 4 is 23.6 Å². The maximum absolute atomic E-state index is 14.1. The van der Waals surface area contributed by atoms with Crippen LogP contribution in [0.3, 0.4) is 0 Å². The Kier molecular flexibility index (Phi) is 7.92. The van der Waals surface area contributed by atoms with Gasteiger partial charge in [0.15, 0.2) is 11.4 Å². The minimum absolute atomic E-state index is 0.0708. The van der Waals surface area contributed by atoms with Crippen LogP contribution in [0.5, 0.6) is 5.75 Å². The number of hydrogen-bond acceptors (Lipinski definition) is 7. The van der Waals surface area contributed by atoms with Crippen LogP contribution >= 0.6 is 0 Å². The first-order valence-corrected chi connectivity index (χ1v) is 14.6. The monoisotopic (exact) mass is 573 g/mol. The van der Waals surface area contributed by atoms with Gasteiger partial charge in [-0.3, -0.25) is 19.2 Å². The minimum atomic E-state index is -0.799. The van der Waals surface area contributed by atoms with E-state index in [0.717, 1.165) is 5.56 Å². The summed E-state index contributed by atoms with van der Waals surface area (Å²) in [6.45, 7) is 2.38. The summed E-state index contributed by atoms with van der Waals surface area (Å²) in [5, 5.41) is 5.69. The number of fused-ring (bicyclic) bond motifs is 2. The molecule has 4 amide bonds. The van der Waals surface area contributed by atoms with Gasteiger partial charge in [-0.25, -0.2) is 4.98 Å². The number of nitrogens with one attached hydrogen (secondary N) is 2. The van der Waals surface area contributed by atoms with E-state index in [1.54, 1.807) is 21.9 Å². The van der Waals surface area contributed by atoms with Crippen molar-refractivity contribution in [3.8, 4) is 5.75 Å². The Morgan fingerprint density at radius 3 is 2.71 bits per heavy atom. The first-order valence-electron chi connectivity index (χ1n) is 14.6. The molecule has 6 rings (SSSR count). The van der Waals surface area contributed by atoms with E-state index in [4.69, 9.17) is 9.47 Å². The van der Waals surface area contributed by atoms with Gasteiger partial charge >= 0.3 is 0 Å². The summed E-state index contributed by atoms with van der Waals surface area (Å²) in [7, 11) is 0. The number of rotatable bonds is 3. The van der Waals surface area contributed by atoms with Crippen molar-refractivity contribution in [1.29, 1.82) is 0 Å². The lowest BCUT2D eigenvalue weighted by Crippen LogP contribution is -2.47. The number of ether oxygens (including phenoxy) is 2. The highest BCUT2D eigenvalue weighted by atomic mass is 16.5. The van der Waals surface area contributed by atoms with Crippen LogP contribution in [-0.4, -0.2) is 89.4 Å². The number of hydrogen-bond donors (Lipinski definition) is 2. The molecule has 0 aliphatic carbocycles. The van der Waals surface area contributed by atoms with Gasteiger partial charge in [0.05, 0.1) is 31.0 Å². The highest BCUT2D eigenvalue weighted by Gasteiger charge is 2.67. The van der Waals surface area contributed by atoms with E-state index >= 15 is 0 Å². The molecule has 1 aromatic heterocycles. The molecule has 2 bridgehead atoms. The molecule has 11 heteroatoms. The molecular formula is C31H35N5O6. The number of amides is 4. The highest BCUT2D eigenvalue weighted by Crippen LogP contribution is 2.52. The second kappa shape index (κ2) is 11.9. The molecule has 42 heavy (non-hydrogen) atoms. The summed E-state index contributed by atoms with van der Waals surface area (Å²) in [4.78, 5) is 60.8. The van der Waals surface area contributed by atoms with Crippen molar-refractivity contribution in [2.24, 2.45) is 11.8 Å². The number of nitrogens with zero attached hydrogens (tertiary/aromatic N) is 3. The molecule has 0 unspecified atom stereocenters. The molecule has 0 radical (unpaired) electrons. The van der Waals surface area contributed by atoms with Crippen LogP contribution in [0.4, 0.5) is 0 Å². The molecule has 11 nitrogen and oxygen atoms in total. The predicted molar refractivity (Wildman–Crippen MR) is 151 cm³/mol. The van der Waals surface area contributed by atoms with Gasteiger partial charge in [-0.1, -0.05) is 42.5 Å². The Morgan fingerprint density at radius 2 is 1.86 bits per heavy atom. The zero-order valence-electron chi connectivity index (χ0n) is 23.4. The summed E-state index contributed by atoms with van der Waals surface area (Å²) in [6, 6.07) is 13.1. The molecule has 4 atom stereocenters. The van der Waals surface area contributed by atoms with E-state index < -0.39 is 23.5 Å². The maximum Gasteiger partial charge on any atom is 0.273 e. The Labute approximate surface area is 244 Å². The van der Waals surface area contributed by atoms with Gasteiger partial charge in [0, 0.05) is 38.8 Å². The van der Waals surface area contributed by atoms with E-state index in [2.05, 4.69) is 15.6 Å². The van der Waals surface area contributed by atoms with Crippen LogP contribution in [0.2, 0.25) is 0 Å². The predicted octanol–water partition coefficient (Wildman–Crippen LogP) is 1.30. The molecule has 1 aromatic carbocycles. The highest BCUT2D eigenvalue weighted by molar-refractivity contribution is 5.95. The Balaban J connectivity index is 1.17. The van der Waals surface area contributed by atoms with Crippen molar-refractivity contribution in [2.75, 3.05) is 39.3 Å². The minimum Gasteiger partial charge on any atom is -0.489 e. The van der Waals surface area contributed by atoms with Gasteiger partial charge in [-0.15, -0.1) is 0 Å². The summed E-state index contributed by atoms with van der Waals surface area (Å²) in [6.07, 6.45) is 6.14. The third-order valence-corrected chi connectivity index (χ3v) is 8.38. The average molecular weight is 574 g/mol. The quantitative estimate of drug-likeness (QED) is 0.530. The second-order valence-electron chi connectivity index (χ2n) is 11.2. The fraction of sp³-hybridized carbons (Fsp3) is 0.452. The van der Waals surface area contributed by atoms with E-state index in [1.165, 1.54) is 6.20 Å². The van der Waals surface area contributed by atoms with Crippen LogP contribution < -0.4 is 15.4 Å². The summed E-state index contributed by atoms with van der Waals surface area (Å²) in [5.41, 5.74) is 0.390. The number of benzene rings is 1. The zero-order valence-corrected chi connectivity index (χ0v) is 23.4. The fourth-order valence-electron chi connectivity index (χ4n) is 6.44. The number of aromatic nitrogens is 1. The summed E-state index contributed by atoms with van der Waals surface area (Å²) < 4.78 is 12.0. The smallest absolute Gasteiger partial charge is 0.273 e. The second-order valence-corrected chi connectivity index (χ2v) is 11.2. The van der Waals surface area contributed by atoms with Crippen LogP contribution in [0.25, 0.3) is 0 Å². The van der Waals surface area contributed by atoms with E-state index in [1.807, 2.05) is 42.5 Å². The molecule has 2 N–H and O–H groups in total. The SMILES string of the molecule is O=C1CCCN(C(=O)[C@H]2[C@H]3C=C[C@]4(CN(Cc5ccccc5)C(=O)[C@@H]24)O3)CCCNC(=O)c2ncccc2OCCN1. The van der Waals surface area contributed by atoms with E-state index in [9.17, 15) is 19.2 Å². The van der Waals surface area contributed by atoms with Crippen molar-refractivity contribution in [3.05, 3.63) is 72.1 Å². The van der Waals surface area contributed by atoms with Crippen LogP contribution in [0.1, 0.15) is 35.3 Å². The lowest BCUT2D eigenvalue weighted by Gasteiger charge is -2.30. The normalized spacial score (nSPS) is 28.1. The Bertz CT molecular complexity index is 1380. The van der Waals surface area contributed by atoms with Gasteiger partial charge in [-0.05, 0) is 30.5 Å². The third-order valence-electron chi connectivity index (χ3n) is 8.38. The van der Waals surface area contributed by atoms with E-state index in [-0.39, 0.29) is 48.9 Å². The van der Waals surface area contributed by atoms with Crippen molar-refractivity contribution in [3.63, 3.8) is 0 Å². The molecule has 2 fully saturated rings. The summed E-state index contributed by atoms with van der Waals surface area (Å²) >= 11 is 0. The van der Waals surface area contributed by atoms with Crippen molar-refractivity contribution in [2.45, 2.75) is 37.5 Å². The molecular weight excluding hydrogens is 538 g/mol. The molecule has 220 valence electrons. The largest absolute Gasteiger partial charge is 0.489 e. The molecule has 2 saturated heterocycles. The van der Waals surface area contributed by atoms with Gasteiger partial charge < -0.3 is 29.9 Å². The summed E-state index contributed by atoms with van der Waals surface area (Å²) in [5.74, 6) is -1.62. The topological polar surface area (TPSA) is 130 Å². The molecule has 0 saturated carbocycles. The van der Waals surface area contributed by atoms with Gasteiger partial charge in [0.2, 0.25) is 17.7 Å². The Morgan fingerprint density at radius 1 is 1.02 bits per heavy atom. The maximum atomic E-state index is 14.1. The zero-order chi connectivity index (χ0) is 29.1. The third kappa shape index (κ3) is 5.48. The number of carbonyl (C=O) groups is 4. The van der Waals surface area contributed by atoms with Gasteiger partial charge in [0.25, 0.3) is 5.91 Å². The Hall–Kier alpha value is -4.25. The average Bonchev–Trinajstić information content (AvgIpc) is 3.64. The van der Waals surface area contributed by atoms with Crippen molar-refractivity contribution in [1.82, 2.24) is 25.4 Å². The number of pyridine rings is 1. The van der Waals surface area contributed by atoms with Crippen LogP contribution in [0.15, 0.2) is 60.8 Å². The lowest BCUT2D eigenvalue weighted by atomic mass is 9.76. The molecule has 1 spiro atoms. The molecule has 4 aliphatic rings. The first kappa shape index (κ1) is 27.9. The number of carbonyl (C=O) groups excluding carboxylic acids is 4. The van der Waals surface area contributed by atoms with Crippen molar-refractivity contribution < 1.29 is 28.7 Å². The van der Waals surface area contributed by atoms with Crippen LogP contribution in [0, 0.1) is 11.8 Å².